The van der Waals surface area contributed by atoms with E-state index in [1.165, 1.54) is 0 Å². The van der Waals surface area contributed by atoms with Crippen LogP contribution in [0.5, 0.6) is 0 Å². The molecule has 1 aliphatic heterocycles. The van der Waals surface area contributed by atoms with Crippen molar-refractivity contribution in [1.29, 1.82) is 0 Å². The maximum Gasteiger partial charge on any atom is 0.0782 e. The van der Waals surface area contributed by atoms with Crippen molar-refractivity contribution in [1.82, 2.24) is 0 Å². The molecular formula is C10H18O. The van der Waals surface area contributed by atoms with Gasteiger partial charge in [0, 0.05) is 5.92 Å². The van der Waals surface area contributed by atoms with Crippen molar-refractivity contribution >= 4 is 0 Å². The molecule has 0 spiro atoms. The quantitative estimate of drug-likeness (QED) is 0.527. The summed E-state index contributed by atoms with van der Waals surface area (Å²) in [5.74, 6) is 1.17. The molecule has 0 aromatic carbocycles. The molecule has 1 heterocycles. The van der Waals surface area contributed by atoms with Gasteiger partial charge in [-0.3, -0.25) is 0 Å². The molecule has 1 unspecified atom stereocenters. The molecule has 1 aliphatic rings. The number of ether oxygens (including phenoxy) is 1. The van der Waals surface area contributed by atoms with Crippen molar-refractivity contribution in [2.75, 3.05) is 0 Å². The Labute approximate surface area is 69.4 Å². The minimum Gasteiger partial charge on any atom is -0.370 e. The normalized spacial score (nSPS) is 38.1. The second-order valence-corrected chi connectivity index (χ2v) is 3.79. The molecule has 1 heteroatoms. The van der Waals surface area contributed by atoms with Gasteiger partial charge in [0.1, 0.15) is 0 Å². The van der Waals surface area contributed by atoms with Crippen LogP contribution >= 0.6 is 0 Å². The van der Waals surface area contributed by atoms with Crippen molar-refractivity contribution in [2.24, 2.45) is 11.8 Å². The maximum absolute atomic E-state index is 5.77. The van der Waals surface area contributed by atoms with Crippen LogP contribution < -0.4 is 0 Å². The number of hydrogen-bond donors (Lipinski definition) is 0. The summed E-state index contributed by atoms with van der Waals surface area (Å²) in [4.78, 5) is 0. The Morgan fingerprint density at radius 3 is 2.27 bits per heavy atom. The van der Waals surface area contributed by atoms with Gasteiger partial charge in [0.05, 0.1) is 12.2 Å². The smallest absolute Gasteiger partial charge is 0.0782 e. The summed E-state index contributed by atoms with van der Waals surface area (Å²) in [6, 6.07) is 0. The van der Waals surface area contributed by atoms with Crippen molar-refractivity contribution in [3.05, 3.63) is 12.2 Å². The van der Waals surface area contributed by atoms with Crippen LogP contribution in [-0.2, 0) is 4.74 Å². The molecule has 0 N–H and O–H groups in total. The Hall–Kier alpha value is -0.300. The molecule has 0 amide bonds. The molecule has 64 valence electrons. The van der Waals surface area contributed by atoms with E-state index >= 15 is 0 Å². The van der Waals surface area contributed by atoms with Crippen LogP contribution in [0.1, 0.15) is 27.7 Å². The molecule has 11 heavy (non-hydrogen) atoms. The molecule has 0 bridgehead atoms. The van der Waals surface area contributed by atoms with Crippen molar-refractivity contribution in [2.45, 2.75) is 39.9 Å². The van der Waals surface area contributed by atoms with Crippen LogP contribution in [0.4, 0.5) is 0 Å². The molecule has 0 aromatic rings. The van der Waals surface area contributed by atoms with Gasteiger partial charge in [-0.15, -0.1) is 0 Å². The number of rotatable bonds is 1. The van der Waals surface area contributed by atoms with Gasteiger partial charge in [-0.1, -0.05) is 32.9 Å². The highest BCUT2D eigenvalue weighted by molar-refractivity contribution is 5.00. The van der Waals surface area contributed by atoms with E-state index in [4.69, 9.17) is 4.74 Å². The van der Waals surface area contributed by atoms with Gasteiger partial charge in [0.2, 0.25) is 0 Å². The lowest BCUT2D eigenvalue weighted by Gasteiger charge is -2.30. The standard InChI is InChI=1S/C10H18O/c1-7(2)10-6-5-8(3)9(4)11-10/h5-10H,1-4H3/t8?,9-,10+/m1/s1. The molecule has 0 fully saturated rings. The Bertz CT molecular complexity index is 149. The highest BCUT2D eigenvalue weighted by Crippen LogP contribution is 2.21. The SMILES string of the molecule is CC(C)[C@@H]1C=CC(C)[C@@H](C)O1. The van der Waals surface area contributed by atoms with Gasteiger partial charge in [-0.25, -0.2) is 0 Å². The van der Waals surface area contributed by atoms with Gasteiger partial charge in [0.25, 0.3) is 0 Å². The summed E-state index contributed by atoms with van der Waals surface area (Å²) in [6.07, 6.45) is 5.17. The Morgan fingerprint density at radius 2 is 1.82 bits per heavy atom. The topological polar surface area (TPSA) is 9.23 Å². The molecule has 0 saturated heterocycles. The summed E-state index contributed by atoms with van der Waals surface area (Å²) < 4.78 is 5.77. The zero-order chi connectivity index (χ0) is 8.43. The zero-order valence-corrected chi connectivity index (χ0v) is 7.87. The zero-order valence-electron chi connectivity index (χ0n) is 7.87. The largest absolute Gasteiger partial charge is 0.370 e. The van der Waals surface area contributed by atoms with Crippen LogP contribution in [0.15, 0.2) is 12.2 Å². The summed E-state index contributed by atoms with van der Waals surface area (Å²) in [5, 5.41) is 0. The van der Waals surface area contributed by atoms with Crippen LogP contribution in [0.2, 0.25) is 0 Å². The average molecular weight is 154 g/mol. The first-order valence-corrected chi connectivity index (χ1v) is 4.45. The molecule has 1 rings (SSSR count). The van der Waals surface area contributed by atoms with Crippen LogP contribution in [0.25, 0.3) is 0 Å². The second-order valence-electron chi connectivity index (χ2n) is 3.79. The first kappa shape index (κ1) is 8.79. The van der Waals surface area contributed by atoms with Crippen molar-refractivity contribution < 1.29 is 4.74 Å². The summed E-state index contributed by atoms with van der Waals surface area (Å²) in [7, 11) is 0. The van der Waals surface area contributed by atoms with Crippen LogP contribution in [-0.4, -0.2) is 12.2 Å². The third-order valence-corrected chi connectivity index (χ3v) is 2.37. The Morgan fingerprint density at radius 1 is 1.18 bits per heavy atom. The van der Waals surface area contributed by atoms with Gasteiger partial charge >= 0.3 is 0 Å². The lowest BCUT2D eigenvalue weighted by atomic mass is 9.97. The number of hydrogen-bond acceptors (Lipinski definition) is 1. The van der Waals surface area contributed by atoms with E-state index in [0.717, 1.165) is 0 Å². The van der Waals surface area contributed by atoms with Crippen LogP contribution in [0.3, 0.4) is 0 Å². The summed E-state index contributed by atoms with van der Waals surface area (Å²) in [5.41, 5.74) is 0. The van der Waals surface area contributed by atoms with Gasteiger partial charge in [0.15, 0.2) is 0 Å². The molecular weight excluding hydrogens is 136 g/mol. The predicted octanol–water partition coefficient (Wildman–Crippen LogP) is 2.62. The molecule has 0 saturated carbocycles. The molecule has 3 atom stereocenters. The van der Waals surface area contributed by atoms with Crippen molar-refractivity contribution in [3.8, 4) is 0 Å². The Kier molecular flexibility index (Phi) is 2.72. The Balaban J connectivity index is 2.56. The minimum atomic E-state index is 0.334. The van der Waals surface area contributed by atoms with E-state index in [1.54, 1.807) is 0 Å². The van der Waals surface area contributed by atoms with E-state index in [1.807, 2.05) is 0 Å². The molecule has 1 nitrogen and oxygen atoms in total. The predicted molar refractivity (Wildman–Crippen MR) is 47.5 cm³/mol. The van der Waals surface area contributed by atoms with E-state index in [-0.39, 0.29) is 0 Å². The average Bonchev–Trinajstić information content (AvgIpc) is 1.94. The monoisotopic (exact) mass is 154 g/mol. The van der Waals surface area contributed by atoms with E-state index in [9.17, 15) is 0 Å². The molecule has 0 radical (unpaired) electrons. The van der Waals surface area contributed by atoms with Gasteiger partial charge in [-0.2, -0.15) is 0 Å². The fourth-order valence-electron chi connectivity index (χ4n) is 1.24. The lowest BCUT2D eigenvalue weighted by molar-refractivity contribution is -0.0266. The fourth-order valence-corrected chi connectivity index (χ4v) is 1.24. The fraction of sp³-hybridized carbons (Fsp3) is 0.800. The third kappa shape index (κ3) is 2.06. The van der Waals surface area contributed by atoms with Crippen LogP contribution in [0, 0.1) is 11.8 Å². The second kappa shape index (κ2) is 3.40. The molecule has 0 aromatic heterocycles. The van der Waals surface area contributed by atoms with Gasteiger partial charge in [-0.05, 0) is 12.8 Å². The highest BCUT2D eigenvalue weighted by atomic mass is 16.5. The van der Waals surface area contributed by atoms with Crippen molar-refractivity contribution in [3.63, 3.8) is 0 Å². The van der Waals surface area contributed by atoms with Gasteiger partial charge < -0.3 is 4.74 Å². The first-order valence-electron chi connectivity index (χ1n) is 4.45. The van der Waals surface area contributed by atoms with E-state index < -0.39 is 0 Å². The highest BCUT2D eigenvalue weighted by Gasteiger charge is 2.21. The summed E-state index contributed by atoms with van der Waals surface area (Å²) >= 11 is 0. The lowest BCUT2D eigenvalue weighted by Crippen LogP contribution is -2.30. The molecule has 0 aliphatic carbocycles. The van der Waals surface area contributed by atoms with E-state index in [0.29, 0.717) is 24.0 Å². The maximum atomic E-state index is 5.77. The first-order chi connectivity index (χ1) is 5.11. The van der Waals surface area contributed by atoms with E-state index in [2.05, 4.69) is 39.8 Å². The minimum absolute atomic E-state index is 0.334. The third-order valence-electron chi connectivity index (χ3n) is 2.37. The summed E-state index contributed by atoms with van der Waals surface area (Å²) in [6.45, 7) is 8.72.